The van der Waals surface area contributed by atoms with E-state index in [1.165, 1.54) is 0 Å². The number of hydrogen-bond acceptors (Lipinski definition) is 1. The minimum absolute atomic E-state index is 0. The van der Waals surface area contributed by atoms with Gasteiger partial charge in [-0.25, -0.2) is 0 Å². The summed E-state index contributed by atoms with van der Waals surface area (Å²) in [7, 11) is 0. The van der Waals surface area contributed by atoms with Gasteiger partial charge in [-0.05, 0) is 46.7 Å². The maximum Gasteiger partial charge on any atom is 0.389 e. The van der Waals surface area contributed by atoms with Crippen LogP contribution in [-0.4, -0.2) is 6.18 Å². The highest BCUT2D eigenvalue weighted by atomic mass is 127. The molecule has 16 heavy (non-hydrogen) atoms. The van der Waals surface area contributed by atoms with Crippen molar-refractivity contribution in [1.29, 1.82) is 0 Å². The summed E-state index contributed by atoms with van der Waals surface area (Å²) < 4.78 is 36.9. The summed E-state index contributed by atoms with van der Waals surface area (Å²) in [5, 5.41) is 0. The van der Waals surface area contributed by atoms with Gasteiger partial charge in [0.25, 0.3) is 0 Å². The maximum atomic E-state index is 11.9. The van der Waals surface area contributed by atoms with Gasteiger partial charge in [0.15, 0.2) is 0 Å². The molecule has 0 aliphatic heterocycles. The van der Waals surface area contributed by atoms with Crippen molar-refractivity contribution in [2.45, 2.75) is 25.1 Å². The average Bonchev–Trinajstić information content (AvgIpc) is 2.14. The average molecular weight is 366 g/mol. The summed E-state index contributed by atoms with van der Waals surface area (Å²) in [6.45, 7) is 0. The van der Waals surface area contributed by atoms with Gasteiger partial charge in [-0.3, -0.25) is 0 Å². The van der Waals surface area contributed by atoms with Crippen molar-refractivity contribution < 1.29 is 13.2 Å². The van der Waals surface area contributed by atoms with Crippen molar-refractivity contribution in [3.05, 3.63) is 33.4 Å². The molecule has 0 radical (unpaired) electrons. The number of nitrogens with two attached hydrogens (primary N) is 1. The van der Waals surface area contributed by atoms with E-state index in [1.807, 2.05) is 12.1 Å². The standard InChI is InChI=1S/C10H11F3IN.ClH/c11-10(12,13)6-5-9(15)7-1-3-8(14)4-2-7;/h1-4,9H,5-6,15H2;1H/t9-;/m1./s1. The van der Waals surface area contributed by atoms with Crippen LogP contribution in [0.25, 0.3) is 0 Å². The first-order valence-electron chi connectivity index (χ1n) is 4.46. The highest BCUT2D eigenvalue weighted by Gasteiger charge is 2.27. The lowest BCUT2D eigenvalue weighted by Crippen LogP contribution is -2.15. The molecule has 1 rings (SSSR count). The predicted octanol–water partition coefficient (Wildman–Crippen LogP) is 4.06. The third-order valence-electron chi connectivity index (χ3n) is 2.04. The second kappa shape index (κ2) is 6.66. The van der Waals surface area contributed by atoms with E-state index in [1.54, 1.807) is 12.1 Å². The van der Waals surface area contributed by atoms with E-state index < -0.39 is 18.6 Å². The second-order valence-corrected chi connectivity index (χ2v) is 4.56. The van der Waals surface area contributed by atoms with Crippen LogP contribution >= 0.6 is 35.0 Å². The van der Waals surface area contributed by atoms with E-state index in [0.29, 0.717) is 0 Å². The molecule has 0 unspecified atom stereocenters. The second-order valence-electron chi connectivity index (χ2n) is 3.31. The molecule has 92 valence electrons. The Kier molecular flexibility index (Phi) is 6.65. The molecule has 0 amide bonds. The summed E-state index contributed by atoms with van der Waals surface area (Å²) in [6.07, 6.45) is -5.02. The highest BCUT2D eigenvalue weighted by Crippen LogP contribution is 2.26. The molecule has 0 heterocycles. The predicted molar refractivity (Wildman–Crippen MR) is 68.6 cm³/mol. The van der Waals surface area contributed by atoms with E-state index in [4.69, 9.17) is 5.73 Å². The SMILES string of the molecule is Cl.N[C@H](CCC(F)(F)F)c1ccc(I)cc1. The van der Waals surface area contributed by atoms with Gasteiger partial charge in [0.05, 0.1) is 0 Å². The van der Waals surface area contributed by atoms with Crippen molar-refractivity contribution in [2.75, 3.05) is 0 Å². The van der Waals surface area contributed by atoms with Gasteiger partial charge in [0.2, 0.25) is 0 Å². The van der Waals surface area contributed by atoms with Crippen LogP contribution in [0.4, 0.5) is 13.2 Å². The van der Waals surface area contributed by atoms with Crippen LogP contribution in [-0.2, 0) is 0 Å². The largest absolute Gasteiger partial charge is 0.389 e. The van der Waals surface area contributed by atoms with Crippen molar-refractivity contribution in [3.8, 4) is 0 Å². The van der Waals surface area contributed by atoms with Gasteiger partial charge in [0, 0.05) is 16.0 Å². The quantitative estimate of drug-likeness (QED) is 0.804. The first kappa shape index (κ1) is 16.0. The minimum atomic E-state index is -4.12. The Morgan fingerprint density at radius 1 is 1.19 bits per heavy atom. The summed E-state index contributed by atoms with van der Waals surface area (Å²) in [5.41, 5.74) is 6.40. The zero-order valence-corrected chi connectivity index (χ0v) is 11.3. The van der Waals surface area contributed by atoms with Crippen LogP contribution in [0.5, 0.6) is 0 Å². The number of rotatable bonds is 3. The molecule has 1 aromatic rings. The topological polar surface area (TPSA) is 26.0 Å². The fourth-order valence-corrected chi connectivity index (χ4v) is 1.56. The molecule has 1 nitrogen and oxygen atoms in total. The lowest BCUT2D eigenvalue weighted by Gasteiger charge is -2.13. The Balaban J connectivity index is 0.00000225. The van der Waals surface area contributed by atoms with E-state index in [2.05, 4.69) is 22.6 Å². The molecule has 6 heteroatoms. The first-order chi connectivity index (χ1) is 6.88. The minimum Gasteiger partial charge on any atom is -0.324 e. The van der Waals surface area contributed by atoms with E-state index >= 15 is 0 Å². The zero-order chi connectivity index (χ0) is 11.5. The van der Waals surface area contributed by atoms with Gasteiger partial charge in [-0.15, -0.1) is 12.4 Å². The molecule has 1 atom stereocenters. The molecular formula is C10H12ClF3IN. The van der Waals surface area contributed by atoms with Crippen LogP contribution in [0.2, 0.25) is 0 Å². The van der Waals surface area contributed by atoms with Crippen molar-refractivity contribution in [3.63, 3.8) is 0 Å². The smallest absolute Gasteiger partial charge is 0.324 e. The van der Waals surface area contributed by atoms with Gasteiger partial charge in [-0.1, -0.05) is 12.1 Å². The van der Waals surface area contributed by atoms with Crippen molar-refractivity contribution in [1.82, 2.24) is 0 Å². The Bertz CT molecular complexity index is 313. The first-order valence-corrected chi connectivity index (χ1v) is 5.54. The fraction of sp³-hybridized carbons (Fsp3) is 0.400. The molecule has 0 spiro atoms. The number of alkyl halides is 3. The fourth-order valence-electron chi connectivity index (χ4n) is 1.20. The van der Waals surface area contributed by atoms with E-state index in [9.17, 15) is 13.2 Å². The van der Waals surface area contributed by atoms with E-state index in [0.717, 1.165) is 9.13 Å². The van der Waals surface area contributed by atoms with Crippen molar-refractivity contribution >= 4 is 35.0 Å². The van der Waals surface area contributed by atoms with Gasteiger partial charge in [0.1, 0.15) is 0 Å². The number of hydrogen-bond donors (Lipinski definition) is 1. The molecule has 0 fully saturated rings. The molecule has 1 aromatic carbocycles. The molecule has 0 aliphatic carbocycles. The Morgan fingerprint density at radius 2 is 1.69 bits per heavy atom. The third kappa shape index (κ3) is 5.91. The number of benzene rings is 1. The molecule has 2 N–H and O–H groups in total. The van der Waals surface area contributed by atoms with E-state index in [-0.39, 0.29) is 18.8 Å². The monoisotopic (exact) mass is 365 g/mol. The summed E-state index contributed by atoms with van der Waals surface area (Å²) >= 11 is 2.13. The zero-order valence-electron chi connectivity index (χ0n) is 8.30. The Hall–Kier alpha value is -0.0100. The van der Waals surface area contributed by atoms with Crippen LogP contribution in [0.15, 0.2) is 24.3 Å². The van der Waals surface area contributed by atoms with Crippen LogP contribution in [0, 0.1) is 3.57 Å². The molecular weight excluding hydrogens is 353 g/mol. The van der Waals surface area contributed by atoms with Crippen LogP contribution in [0.1, 0.15) is 24.4 Å². The lowest BCUT2D eigenvalue weighted by atomic mass is 10.0. The number of halogens is 5. The Morgan fingerprint density at radius 3 is 2.12 bits per heavy atom. The summed E-state index contributed by atoms with van der Waals surface area (Å²) in [6, 6.07) is 6.67. The van der Waals surface area contributed by atoms with Crippen LogP contribution < -0.4 is 5.73 Å². The highest BCUT2D eigenvalue weighted by molar-refractivity contribution is 14.1. The Labute approximate surface area is 112 Å². The van der Waals surface area contributed by atoms with Gasteiger partial charge >= 0.3 is 6.18 Å². The molecule has 0 aromatic heterocycles. The molecule has 0 bridgehead atoms. The molecule has 0 saturated carbocycles. The normalized spacial score (nSPS) is 13.1. The van der Waals surface area contributed by atoms with Gasteiger partial charge < -0.3 is 5.73 Å². The van der Waals surface area contributed by atoms with Crippen molar-refractivity contribution in [2.24, 2.45) is 5.73 Å². The lowest BCUT2D eigenvalue weighted by molar-refractivity contribution is -0.136. The van der Waals surface area contributed by atoms with Gasteiger partial charge in [-0.2, -0.15) is 13.2 Å². The third-order valence-corrected chi connectivity index (χ3v) is 2.76. The molecule has 0 saturated heterocycles. The summed E-state index contributed by atoms with van der Waals surface area (Å²) in [4.78, 5) is 0. The molecule has 0 aliphatic rings. The summed E-state index contributed by atoms with van der Waals surface area (Å²) in [5.74, 6) is 0. The van der Waals surface area contributed by atoms with Crippen LogP contribution in [0.3, 0.4) is 0 Å². The maximum absolute atomic E-state index is 11.9.